The van der Waals surface area contributed by atoms with Crippen molar-refractivity contribution < 1.29 is 18.0 Å². The summed E-state index contributed by atoms with van der Waals surface area (Å²) in [6.07, 6.45) is 0.986. The highest BCUT2D eigenvalue weighted by Gasteiger charge is 2.30. The van der Waals surface area contributed by atoms with E-state index >= 15 is 0 Å². The first-order valence-corrected chi connectivity index (χ1v) is 10.4. The average molecular weight is 428 g/mol. The Kier molecular flexibility index (Phi) is 5.32. The highest BCUT2D eigenvalue weighted by Crippen LogP contribution is 2.31. The first-order valence-electron chi connectivity index (χ1n) is 7.79. The molecule has 0 unspecified atom stereocenters. The quantitative estimate of drug-likeness (QED) is 0.812. The van der Waals surface area contributed by atoms with Gasteiger partial charge in [0.05, 0.1) is 33.4 Å². The molecule has 0 bridgehead atoms. The van der Waals surface area contributed by atoms with Crippen LogP contribution in [0.5, 0.6) is 0 Å². The third kappa shape index (κ3) is 4.18. The van der Waals surface area contributed by atoms with Gasteiger partial charge in [0.1, 0.15) is 13.1 Å². The van der Waals surface area contributed by atoms with E-state index in [-0.39, 0.29) is 28.2 Å². The van der Waals surface area contributed by atoms with Gasteiger partial charge in [0, 0.05) is 0 Å². The molecule has 0 fully saturated rings. The van der Waals surface area contributed by atoms with Crippen LogP contribution in [-0.4, -0.2) is 39.6 Å². The predicted octanol–water partition coefficient (Wildman–Crippen LogP) is 2.74. The van der Waals surface area contributed by atoms with Gasteiger partial charge in [-0.3, -0.25) is 18.8 Å². The fourth-order valence-electron chi connectivity index (χ4n) is 2.70. The number of halogens is 2. The molecule has 2 aromatic rings. The summed E-state index contributed by atoms with van der Waals surface area (Å²) in [7, 11) is -3.79. The topological polar surface area (TPSA) is 86.8 Å². The molecule has 0 atom stereocenters. The number of rotatable bonds is 4. The summed E-state index contributed by atoms with van der Waals surface area (Å²) < 4.78 is 25.4. The van der Waals surface area contributed by atoms with Gasteiger partial charge in [-0.2, -0.15) is 0 Å². The summed E-state index contributed by atoms with van der Waals surface area (Å²) >= 11 is 11.9. The smallest absolute Gasteiger partial charge is 0.248 e. The largest absolute Gasteiger partial charge is 0.323 e. The number of anilines is 3. The lowest BCUT2D eigenvalue weighted by Gasteiger charge is -2.31. The molecule has 1 N–H and O–H groups in total. The summed E-state index contributed by atoms with van der Waals surface area (Å²) in [6, 6.07) is 11.1. The van der Waals surface area contributed by atoms with Crippen LogP contribution in [0.1, 0.15) is 0 Å². The maximum Gasteiger partial charge on any atom is 0.248 e. The van der Waals surface area contributed by atoms with Crippen LogP contribution in [0.15, 0.2) is 42.5 Å². The lowest BCUT2D eigenvalue weighted by Crippen LogP contribution is -2.47. The molecule has 0 spiro atoms. The van der Waals surface area contributed by atoms with Crippen LogP contribution in [0, 0.1) is 0 Å². The minimum absolute atomic E-state index is 0.165. The molecule has 0 radical (unpaired) electrons. The number of hydrogen-bond acceptors (Lipinski definition) is 4. The fraction of sp³-hybridized carbons (Fsp3) is 0.176. The molecule has 0 aromatic heterocycles. The van der Waals surface area contributed by atoms with Crippen LogP contribution in [0.25, 0.3) is 0 Å². The first kappa shape index (κ1) is 19.5. The Morgan fingerprint density at radius 1 is 1.19 bits per heavy atom. The molecule has 27 heavy (non-hydrogen) atoms. The molecule has 10 heteroatoms. The monoisotopic (exact) mass is 427 g/mol. The number of amides is 2. The van der Waals surface area contributed by atoms with E-state index in [1.54, 1.807) is 24.3 Å². The molecular formula is C17H15Cl2N3O4S. The van der Waals surface area contributed by atoms with Crippen molar-refractivity contribution in [2.45, 2.75) is 0 Å². The van der Waals surface area contributed by atoms with Gasteiger partial charge in [-0.1, -0.05) is 35.3 Å². The van der Waals surface area contributed by atoms with E-state index in [4.69, 9.17) is 23.2 Å². The zero-order chi connectivity index (χ0) is 19.8. The van der Waals surface area contributed by atoms with Crippen LogP contribution in [0.3, 0.4) is 0 Å². The van der Waals surface area contributed by atoms with Crippen molar-refractivity contribution in [1.29, 1.82) is 0 Å². The Morgan fingerprint density at radius 2 is 1.89 bits per heavy atom. The van der Waals surface area contributed by atoms with Crippen molar-refractivity contribution in [3.8, 4) is 0 Å². The van der Waals surface area contributed by atoms with Crippen LogP contribution in [0.2, 0.25) is 10.0 Å². The Hall–Kier alpha value is -2.29. The zero-order valence-corrected chi connectivity index (χ0v) is 16.5. The average Bonchev–Trinajstić information content (AvgIpc) is 2.60. The maximum atomic E-state index is 12.9. The molecule has 0 aliphatic carbocycles. The molecule has 142 valence electrons. The van der Waals surface area contributed by atoms with E-state index < -0.39 is 22.5 Å². The molecule has 3 rings (SSSR count). The second-order valence-electron chi connectivity index (χ2n) is 5.91. The number of para-hydroxylation sites is 2. The molecule has 2 amide bonds. The summed E-state index contributed by atoms with van der Waals surface area (Å²) in [4.78, 5) is 26.0. The van der Waals surface area contributed by atoms with E-state index in [1.165, 1.54) is 23.1 Å². The standard InChI is InChI=1S/C17H15Cl2N3O4S/c1-27(25,26)22(11-6-7-12(18)13(19)8-11)10-17(24)21-9-16(23)20-14-4-2-3-5-15(14)21/h2-8H,9-10H2,1H3,(H,20,23). The Balaban J connectivity index is 1.94. The highest BCUT2D eigenvalue weighted by atomic mass is 35.5. The van der Waals surface area contributed by atoms with Crippen molar-refractivity contribution >= 4 is 62.1 Å². The minimum atomic E-state index is -3.79. The highest BCUT2D eigenvalue weighted by molar-refractivity contribution is 7.92. The Morgan fingerprint density at radius 3 is 2.56 bits per heavy atom. The molecular weight excluding hydrogens is 413 g/mol. The van der Waals surface area contributed by atoms with Crippen molar-refractivity contribution in [3.05, 3.63) is 52.5 Å². The fourth-order valence-corrected chi connectivity index (χ4v) is 3.84. The number of sulfonamides is 1. The van der Waals surface area contributed by atoms with E-state index in [0.29, 0.717) is 11.4 Å². The summed E-state index contributed by atoms with van der Waals surface area (Å²) in [6.45, 7) is -0.687. The molecule has 1 aliphatic rings. The molecule has 0 saturated carbocycles. The first-order chi connectivity index (χ1) is 12.7. The van der Waals surface area contributed by atoms with Crippen LogP contribution in [0.4, 0.5) is 17.1 Å². The maximum absolute atomic E-state index is 12.9. The SMILES string of the molecule is CS(=O)(=O)N(CC(=O)N1CC(=O)Nc2ccccc21)c1ccc(Cl)c(Cl)c1. The van der Waals surface area contributed by atoms with E-state index in [9.17, 15) is 18.0 Å². The Labute approximate surface area is 166 Å². The summed E-state index contributed by atoms with van der Waals surface area (Å²) in [5.41, 5.74) is 1.20. The van der Waals surface area contributed by atoms with Crippen molar-refractivity contribution in [2.24, 2.45) is 0 Å². The summed E-state index contributed by atoms with van der Waals surface area (Å²) in [5, 5.41) is 3.11. The number of hydrogen-bond donors (Lipinski definition) is 1. The van der Waals surface area contributed by atoms with Crippen LogP contribution >= 0.6 is 23.2 Å². The third-order valence-electron chi connectivity index (χ3n) is 3.94. The van der Waals surface area contributed by atoms with Gasteiger partial charge in [-0.25, -0.2) is 8.42 Å². The minimum Gasteiger partial charge on any atom is -0.323 e. The van der Waals surface area contributed by atoms with Gasteiger partial charge in [-0.05, 0) is 30.3 Å². The van der Waals surface area contributed by atoms with Gasteiger partial charge >= 0.3 is 0 Å². The number of carbonyl (C=O) groups is 2. The number of benzene rings is 2. The number of carbonyl (C=O) groups excluding carboxylic acids is 2. The molecule has 1 aliphatic heterocycles. The van der Waals surface area contributed by atoms with Crippen LogP contribution in [-0.2, 0) is 19.6 Å². The second kappa shape index (κ2) is 7.38. The lowest BCUT2D eigenvalue weighted by molar-refractivity contribution is -0.121. The predicted molar refractivity (Wildman–Crippen MR) is 106 cm³/mol. The third-order valence-corrected chi connectivity index (χ3v) is 5.82. The van der Waals surface area contributed by atoms with Crippen molar-refractivity contribution in [3.63, 3.8) is 0 Å². The van der Waals surface area contributed by atoms with Crippen LogP contribution < -0.4 is 14.5 Å². The number of nitrogens with one attached hydrogen (secondary N) is 1. The number of fused-ring (bicyclic) bond motifs is 1. The summed E-state index contributed by atoms with van der Waals surface area (Å²) in [5.74, 6) is -0.906. The van der Waals surface area contributed by atoms with Gasteiger partial charge in [-0.15, -0.1) is 0 Å². The zero-order valence-electron chi connectivity index (χ0n) is 14.1. The second-order valence-corrected chi connectivity index (χ2v) is 8.63. The van der Waals surface area contributed by atoms with Crippen molar-refractivity contribution in [1.82, 2.24) is 0 Å². The van der Waals surface area contributed by atoms with E-state index in [1.807, 2.05) is 0 Å². The molecule has 2 aromatic carbocycles. The normalized spacial score (nSPS) is 13.7. The molecule has 0 saturated heterocycles. The van der Waals surface area contributed by atoms with Gasteiger partial charge in [0.25, 0.3) is 0 Å². The van der Waals surface area contributed by atoms with Gasteiger partial charge in [0.2, 0.25) is 21.8 Å². The lowest BCUT2D eigenvalue weighted by atomic mass is 10.2. The van der Waals surface area contributed by atoms with Gasteiger partial charge in [0.15, 0.2) is 0 Å². The van der Waals surface area contributed by atoms with Crippen molar-refractivity contribution in [2.75, 3.05) is 33.9 Å². The Bertz CT molecular complexity index is 1030. The molecule has 7 nitrogen and oxygen atoms in total. The van der Waals surface area contributed by atoms with Gasteiger partial charge < -0.3 is 5.32 Å². The van der Waals surface area contributed by atoms with E-state index in [0.717, 1.165) is 10.6 Å². The van der Waals surface area contributed by atoms with E-state index in [2.05, 4.69) is 5.32 Å². The number of nitrogens with zero attached hydrogens (tertiary/aromatic N) is 2. The molecule has 1 heterocycles.